The average molecular weight is 1780 g/mol. The predicted octanol–water partition coefficient (Wildman–Crippen LogP) is 12.3. The lowest BCUT2D eigenvalue weighted by molar-refractivity contribution is -0.145. The highest BCUT2D eigenvalue weighted by Crippen LogP contribution is 2.47. The van der Waals surface area contributed by atoms with Crippen LogP contribution in [0, 0.1) is 30.6 Å². The van der Waals surface area contributed by atoms with Crippen LogP contribution >= 0.6 is 44.3 Å². The second kappa shape index (κ2) is 53.8. The van der Waals surface area contributed by atoms with Crippen LogP contribution in [0.5, 0.6) is 0 Å². The van der Waals surface area contributed by atoms with Gasteiger partial charge in [0.15, 0.2) is 0 Å². The number of nitrogens with zero attached hydrogens (tertiary/aromatic N) is 1. The molecule has 0 spiro atoms. The van der Waals surface area contributed by atoms with Crippen molar-refractivity contribution in [3.63, 3.8) is 0 Å². The van der Waals surface area contributed by atoms with Crippen molar-refractivity contribution in [2.75, 3.05) is 66.4 Å². The van der Waals surface area contributed by atoms with E-state index in [-0.39, 0.29) is 79.4 Å². The van der Waals surface area contributed by atoms with Gasteiger partial charge in [-0.05, 0) is 133 Å². The maximum Gasteiger partial charge on any atom is 1.00 e. The highest BCUT2D eigenvalue weighted by atomic mass is 79.9. The summed E-state index contributed by atoms with van der Waals surface area (Å²) in [6, 6.07) is 24.7. The van der Waals surface area contributed by atoms with Gasteiger partial charge in [-0.3, -0.25) is 33.5 Å². The molecule has 8 atom stereocenters. The Hall–Kier alpha value is -9.16. The first kappa shape index (κ1) is 111. The summed E-state index contributed by atoms with van der Waals surface area (Å²) in [4.78, 5) is 125. The number of nitrogens with one attached hydrogen (secondary N) is 2. The summed E-state index contributed by atoms with van der Waals surface area (Å²) < 4.78 is 80.5. The van der Waals surface area contributed by atoms with Crippen LogP contribution in [0.4, 0.5) is 19.2 Å². The van der Waals surface area contributed by atoms with E-state index in [2.05, 4.69) is 119 Å². The number of esters is 6. The number of carbonyl (C=O) groups is 11. The Bertz CT molecular complexity index is 3600. The van der Waals surface area contributed by atoms with E-state index in [9.17, 15) is 61.2 Å². The number of carbonyl (C=O) groups excluding carboxylic acids is 11. The minimum atomic E-state index is -4.02. The van der Waals surface area contributed by atoms with E-state index in [4.69, 9.17) is 40.7 Å². The first-order valence-corrected chi connectivity index (χ1v) is 38.2. The van der Waals surface area contributed by atoms with Crippen LogP contribution in [0.2, 0.25) is 0 Å². The number of benzene rings is 3. The van der Waals surface area contributed by atoms with E-state index in [1.807, 2.05) is 55.5 Å². The van der Waals surface area contributed by atoms with Gasteiger partial charge < -0.3 is 79.9 Å². The number of hydrogen-bond donors (Lipinski definition) is 6. The van der Waals surface area contributed by atoms with Crippen LogP contribution in [-0.4, -0.2) is 197 Å². The quantitative estimate of drug-likeness (QED) is 0.0101. The number of hydrogen-bond acceptors (Lipinski definition) is 28. The molecule has 31 nitrogen and oxygen atoms in total. The molecule has 3 aromatic rings. The average Bonchev–Trinajstić information content (AvgIpc) is 1.60. The van der Waals surface area contributed by atoms with Crippen molar-refractivity contribution in [3.8, 4) is 0 Å². The minimum Gasteiger partial charge on any atom is -0.468 e. The molecule has 114 heavy (non-hydrogen) atoms. The fourth-order valence-electron chi connectivity index (χ4n) is 8.28. The van der Waals surface area contributed by atoms with Crippen molar-refractivity contribution in [2.45, 2.75) is 165 Å². The third kappa shape index (κ3) is 47.5. The molecule has 0 aromatic heterocycles. The largest absolute Gasteiger partial charge is 1.00 e. The first-order valence-electron chi connectivity index (χ1n) is 34.6. The third-order valence-corrected chi connectivity index (χ3v) is 16.0. The Kier molecular flexibility index (Phi) is 52.5. The Labute approximate surface area is 694 Å². The first-order chi connectivity index (χ1) is 52.3. The molecular weight excluding hydrogens is 1660 g/mol. The van der Waals surface area contributed by atoms with Crippen LogP contribution < -0.4 is 27.8 Å². The van der Waals surface area contributed by atoms with Gasteiger partial charge in [0, 0.05) is 46.1 Å². The molecule has 640 valence electrons. The summed E-state index contributed by atoms with van der Waals surface area (Å²) in [5.41, 5.74) is 12.6. The number of ether oxygens (including phenoxy) is 11. The smallest absolute Gasteiger partial charge is 0.468 e. The molecular formula is C79H118Br2ClN6O25S+. The lowest BCUT2D eigenvalue weighted by atomic mass is 10.2. The van der Waals surface area contributed by atoms with Crippen LogP contribution in [0.3, 0.4) is 0 Å². The highest BCUT2D eigenvalue weighted by Gasteiger charge is 2.63. The Balaban J connectivity index is -0.000000395. The van der Waals surface area contributed by atoms with Gasteiger partial charge in [0.05, 0.1) is 54.1 Å². The zero-order valence-corrected chi connectivity index (χ0v) is 73.3. The number of nitrogens with two attached hydrogens (primary N) is 3. The van der Waals surface area contributed by atoms with Gasteiger partial charge >= 0.3 is 61.7 Å². The number of rotatable bonds is 18. The normalized spacial score (nSPS) is 19.9. The van der Waals surface area contributed by atoms with E-state index in [0.29, 0.717) is 25.7 Å². The number of aryl methyl sites for hydroxylation is 1. The second-order valence-electron chi connectivity index (χ2n) is 28.3. The number of halogens is 3. The van der Waals surface area contributed by atoms with Gasteiger partial charge in [-0.25, -0.2) is 28.8 Å². The number of methoxy groups -OCH3 is 6. The number of aldehydes is 1. The maximum absolute atomic E-state index is 11.6. The van der Waals surface area contributed by atoms with Gasteiger partial charge in [0.2, 0.25) is 0 Å². The molecule has 4 aliphatic rings. The van der Waals surface area contributed by atoms with E-state index in [1.165, 1.54) is 54.8 Å². The van der Waals surface area contributed by atoms with Gasteiger partial charge in [0.1, 0.15) is 57.4 Å². The van der Waals surface area contributed by atoms with Crippen molar-refractivity contribution in [2.24, 2.45) is 45.9 Å². The monoisotopic (exact) mass is 1780 g/mol. The van der Waals surface area contributed by atoms with Crippen LogP contribution in [0.25, 0.3) is 0 Å². The van der Waals surface area contributed by atoms with Gasteiger partial charge in [-0.2, -0.15) is 8.42 Å². The molecule has 0 bridgehead atoms. The molecule has 3 aromatic carbocycles. The number of alkyl carbamates (subject to hydrolysis) is 2. The Morgan fingerprint density at radius 1 is 0.518 bits per heavy atom. The molecule has 2 amide bonds. The van der Waals surface area contributed by atoms with Gasteiger partial charge in [-0.15, -0.1) is 38.7 Å². The van der Waals surface area contributed by atoms with Crippen molar-refractivity contribution < 1.29 is 119 Å². The Morgan fingerprint density at radius 2 is 0.842 bits per heavy atom. The lowest BCUT2D eigenvalue weighted by Gasteiger charge is -2.22. The molecule has 4 aliphatic carbocycles. The molecule has 0 aliphatic heterocycles. The van der Waals surface area contributed by atoms with Gasteiger partial charge in [-0.1, -0.05) is 147 Å². The summed E-state index contributed by atoms with van der Waals surface area (Å²) in [5, 5.41) is 7.05. The van der Waals surface area contributed by atoms with Gasteiger partial charge in [0.25, 0.3) is 10.1 Å². The van der Waals surface area contributed by atoms with E-state index < -0.39 is 91.1 Å². The van der Waals surface area contributed by atoms with E-state index in [1.54, 1.807) is 138 Å². The zero-order valence-electron chi connectivity index (χ0n) is 69.5. The summed E-state index contributed by atoms with van der Waals surface area (Å²) in [6.07, 6.45) is 12.2. The van der Waals surface area contributed by atoms with Crippen LogP contribution in [0.15, 0.2) is 158 Å². The lowest BCUT2D eigenvalue weighted by Crippen LogP contribution is -2.47. The molecule has 0 saturated heterocycles. The molecule has 0 radical (unpaired) electrons. The Morgan fingerprint density at radius 3 is 1.07 bits per heavy atom. The fourth-order valence-corrected chi connectivity index (χ4v) is 9.29. The van der Waals surface area contributed by atoms with Crippen LogP contribution in [0.1, 0.15) is 132 Å². The zero-order chi connectivity index (χ0) is 88.0. The van der Waals surface area contributed by atoms with E-state index in [0.717, 1.165) is 33.6 Å². The van der Waals surface area contributed by atoms with Crippen molar-refractivity contribution in [1.82, 2.24) is 10.6 Å². The fraction of sp³-hybridized carbons (Fsp3) is 0.494. The second-order valence-corrected chi connectivity index (χ2v) is 31.0. The molecule has 9 N–H and O–H groups in total. The highest BCUT2D eigenvalue weighted by molar-refractivity contribution is 9.09. The number of alkyl halides is 2. The van der Waals surface area contributed by atoms with Crippen LogP contribution in [-0.2, 0) is 91.0 Å². The summed E-state index contributed by atoms with van der Waals surface area (Å²) in [5.74, 6) is -2.27. The molecule has 35 heteroatoms. The number of aliphatic imine (C=N–C) groups is 1. The summed E-state index contributed by atoms with van der Waals surface area (Å²) in [7, 11) is 3.90. The molecule has 4 saturated carbocycles. The summed E-state index contributed by atoms with van der Waals surface area (Å²) in [6.45, 7) is 36.8. The van der Waals surface area contributed by atoms with E-state index >= 15 is 0 Å². The molecule has 7 rings (SSSR count). The summed E-state index contributed by atoms with van der Waals surface area (Å²) >= 11 is 6.49. The minimum absolute atomic E-state index is 0. The van der Waals surface area contributed by atoms with Crippen molar-refractivity contribution >= 4 is 127 Å². The number of amides is 2. The van der Waals surface area contributed by atoms with Crippen molar-refractivity contribution in [1.29, 1.82) is 0 Å². The molecule has 4 unspecified atom stereocenters. The maximum atomic E-state index is 11.6. The standard InChI is InChI=1S/2C12H19NO4.C10H11NO2.C10H18O5.2C7H11NO2.C7H8O3S.C7H6O.C4H6Br2.C3H7NO2.ClH/c2*1-6-8-7-12(8,9(14)16-5)13-10(15)17-11(2,3)4;1-13-10(12)8-11-7-9-5-3-2-4-6-9;1-9(2,3)14-7(11)13-8(12)15-10(4,5)6;2*1-3-5-4-7(5,8)6(9)10-2;1-6-2-4-7(5-3-6)11(8,9)10;8-6-7-4-2-1-3-5-7;5-3-1-2-4-6;1-6-3(5)2-4;/h2*6,8H,1,7H2,2-5H3,(H,13,15);2-7H,8H2,1H3;1-6H3;2*3,5H,1,4,8H2,2H3;2-5H,1H3,(H,8,9,10);1-6H;1-2H,3-4H2;2,4H2,1H3;1H/p+1/b;;;;;;;;2-1+;;/t8-,12+;;;;5-,7+;;;;;;/m1...1....../s1. The third-order valence-electron chi connectivity index (χ3n) is 14.4. The molecule has 4 fully saturated rings. The topological polar surface area (TPSA) is 458 Å². The number of allylic oxidation sites excluding steroid dienone is 2. The molecule has 0 heterocycles. The predicted molar refractivity (Wildman–Crippen MR) is 443 cm³/mol. The van der Waals surface area contributed by atoms with Crippen molar-refractivity contribution in [3.05, 3.63) is 164 Å². The SMILES string of the molecule is BrC/C=C/CBr.C=CC1CC1(N)C(=O)OC.C=CC1CC1(NC(=O)OC(C)(C)C)C(=O)OC.C=C[C@@H]1C[C@@]1(N)C(=O)OC.C=C[C@@H]1C[C@@]1(NC(=O)OC(C)(C)C)C(=O)OC.CC(C)(C)OC(=O)OC(=O)OC(C)(C)C.COC(=O)CN.COC(=O)CN=Cc1ccccc1.Cc1ccc(S(=O)(=O)O)cc1.Cl.O=Cc1ccccc1.[H+].